The van der Waals surface area contributed by atoms with Gasteiger partial charge in [-0.25, -0.2) is 0 Å². The summed E-state index contributed by atoms with van der Waals surface area (Å²) in [6.07, 6.45) is 3.53. The summed E-state index contributed by atoms with van der Waals surface area (Å²) in [4.78, 5) is 4.07. The van der Waals surface area contributed by atoms with Gasteiger partial charge in [-0.1, -0.05) is 0 Å². The number of hydrogen-bond donors (Lipinski definition) is 1. The first-order valence-electron chi connectivity index (χ1n) is 4.29. The molecule has 0 atom stereocenters. The number of allylic oxidation sites excluding steroid dienone is 1. The summed E-state index contributed by atoms with van der Waals surface area (Å²) in [5.74, 6) is 1.27. The van der Waals surface area contributed by atoms with Crippen molar-refractivity contribution in [2.24, 2.45) is 0 Å². The summed E-state index contributed by atoms with van der Waals surface area (Å²) in [6, 6.07) is 0. The van der Waals surface area contributed by atoms with Crippen molar-refractivity contribution in [3.8, 4) is 5.75 Å². The molecule has 0 saturated carbocycles. The lowest BCUT2D eigenvalue weighted by molar-refractivity contribution is 0.196. The van der Waals surface area contributed by atoms with Crippen LogP contribution in [0.2, 0.25) is 0 Å². The first-order chi connectivity index (χ1) is 6.72. The molecule has 0 amide bonds. The van der Waals surface area contributed by atoms with Crippen LogP contribution < -0.4 is 0 Å². The summed E-state index contributed by atoms with van der Waals surface area (Å²) in [5.41, 5.74) is 2.29. The van der Waals surface area contributed by atoms with Gasteiger partial charge in [-0.05, 0) is 13.0 Å². The molecule has 1 aliphatic heterocycles. The molecule has 1 N–H and O–H groups in total. The zero-order valence-electron chi connectivity index (χ0n) is 7.75. The molecular formula is C10H10ClNO2. The molecule has 0 fully saturated rings. The lowest BCUT2D eigenvalue weighted by atomic mass is 10.1. The maximum absolute atomic E-state index is 9.70. The molecule has 0 spiro atoms. The number of alkyl halides is 1. The number of fused-ring (bicyclic) bond motifs is 1. The predicted molar refractivity (Wildman–Crippen MR) is 54.1 cm³/mol. The SMILES string of the molecule is Cc1ncc2c(c1O)COC(CCl)=C2. The van der Waals surface area contributed by atoms with E-state index in [0.29, 0.717) is 23.9 Å². The van der Waals surface area contributed by atoms with Crippen molar-refractivity contribution in [2.45, 2.75) is 13.5 Å². The van der Waals surface area contributed by atoms with E-state index >= 15 is 0 Å². The van der Waals surface area contributed by atoms with Gasteiger partial charge in [0.2, 0.25) is 0 Å². The second kappa shape index (κ2) is 3.50. The Hall–Kier alpha value is -1.22. The number of rotatable bonds is 1. The summed E-state index contributed by atoms with van der Waals surface area (Å²) in [5, 5.41) is 9.70. The molecule has 2 heterocycles. The molecule has 14 heavy (non-hydrogen) atoms. The van der Waals surface area contributed by atoms with Crippen molar-refractivity contribution < 1.29 is 9.84 Å². The maximum Gasteiger partial charge on any atom is 0.143 e. The number of hydrogen-bond acceptors (Lipinski definition) is 3. The molecule has 0 aliphatic carbocycles. The highest BCUT2D eigenvalue weighted by atomic mass is 35.5. The van der Waals surface area contributed by atoms with Gasteiger partial charge in [0.15, 0.2) is 0 Å². The average Bonchev–Trinajstić information content (AvgIpc) is 2.23. The van der Waals surface area contributed by atoms with Crippen LogP contribution in [0.15, 0.2) is 12.0 Å². The highest BCUT2D eigenvalue weighted by molar-refractivity contribution is 6.19. The Labute approximate surface area is 87.0 Å². The molecule has 4 heteroatoms. The minimum Gasteiger partial charge on any atom is -0.506 e. The third kappa shape index (κ3) is 1.44. The van der Waals surface area contributed by atoms with Gasteiger partial charge < -0.3 is 9.84 Å². The molecule has 1 aromatic rings. The number of aromatic nitrogens is 1. The molecule has 0 bridgehead atoms. The van der Waals surface area contributed by atoms with E-state index in [1.807, 2.05) is 0 Å². The number of aromatic hydroxyl groups is 1. The summed E-state index contributed by atoms with van der Waals surface area (Å²) in [7, 11) is 0. The van der Waals surface area contributed by atoms with E-state index < -0.39 is 0 Å². The third-order valence-electron chi connectivity index (χ3n) is 2.22. The van der Waals surface area contributed by atoms with E-state index in [9.17, 15) is 5.11 Å². The van der Waals surface area contributed by atoms with Gasteiger partial charge >= 0.3 is 0 Å². The van der Waals surface area contributed by atoms with Crippen LogP contribution in [0.3, 0.4) is 0 Å². The molecular weight excluding hydrogens is 202 g/mol. The van der Waals surface area contributed by atoms with Gasteiger partial charge in [0.25, 0.3) is 0 Å². The van der Waals surface area contributed by atoms with Gasteiger partial charge in [0.05, 0.1) is 11.6 Å². The maximum atomic E-state index is 9.70. The number of halogens is 1. The van der Waals surface area contributed by atoms with E-state index in [-0.39, 0.29) is 5.75 Å². The summed E-state index contributed by atoms with van der Waals surface area (Å²) < 4.78 is 5.33. The number of ether oxygens (including phenoxy) is 1. The molecule has 0 saturated heterocycles. The summed E-state index contributed by atoms with van der Waals surface area (Å²) in [6.45, 7) is 2.12. The topological polar surface area (TPSA) is 42.4 Å². The second-order valence-electron chi connectivity index (χ2n) is 3.16. The van der Waals surface area contributed by atoms with Crippen molar-refractivity contribution in [3.63, 3.8) is 0 Å². The van der Waals surface area contributed by atoms with Crippen LogP contribution in [-0.4, -0.2) is 16.0 Å². The van der Waals surface area contributed by atoms with E-state index in [4.69, 9.17) is 16.3 Å². The van der Waals surface area contributed by atoms with Crippen LogP contribution in [0.25, 0.3) is 6.08 Å². The lowest BCUT2D eigenvalue weighted by Crippen LogP contribution is -2.05. The Kier molecular flexibility index (Phi) is 2.33. The van der Waals surface area contributed by atoms with E-state index in [0.717, 1.165) is 11.1 Å². The Morgan fingerprint density at radius 3 is 3.14 bits per heavy atom. The fourth-order valence-corrected chi connectivity index (χ4v) is 1.55. The molecule has 1 aliphatic rings. The fourth-order valence-electron chi connectivity index (χ4n) is 1.39. The molecule has 0 unspecified atom stereocenters. The molecule has 74 valence electrons. The molecule has 2 rings (SSSR count). The van der Waals surface area contributed by atoms with Gasteiger partial charge in [-0.15, -0.1) is 11.6 Å². The molecule has 3 nitrogen and oxygen atoms in total. The van der Waals surface area contributed by atoms with E-state index in [2.05, 4.69) is 4.98 Å². The lowest BCUT2D eigenvalue weighted by Gasteiger charge is -2.17. The van der Waals surface area contributed by atoms with Crippen LogP contribution in [0, 0.1) is 6.92 Å². The van der Waals surface area contributed by atoms with Crippen molar-refractivity contribution in [1.82, 2.24) is 4.98 Å². The minimum absolute atomic E-state index is 0.215. The van der Waals surface area contributed by atoms with Gasteiger partial charge in [0.1, 0.15) is 18.1 Å². The molecule has 0 radical (unpaired) electrons. The predicted octanol–water partition coefficient (Wildman–Crippen LogP) is 2.21. The highest BCUT2D eigenvalue weighted by Crippen LogP contribution is 2.30. The Morgan fingerprint density at radius 2 is 2.43 bits per heavy atom. The number of nitrogens with zero attached hydrogens (tertiary/aromatic N) is 1. The standard InChI is InChI=1S/C10H10ClNO2/c1-6-10(13)9-5-14-8(3-11)2-7(9)4-12-6/h2,4,13H,3,5H2,1H3. The zero-order chi connectivity index (χ0) is 10.1. The second-order valence-corrected chi connectivity index (χ2v) is 3.43. The molecule has 1 aromatic heterocycles. The third-order valence-corrected chi connectivity index (χ3v) is 2.49. The number of aryl methyl sites for hydroxylation is 1. The first-order valence-corrected chi connectivity index (χ1v) is 4.82. The van der Waals surface area contributed by atoms with Crippen LogP contribution in [0.5, 0.6) is 5.75 Å². The minimum atomic E-state index is 0.215. The van der Waals surface area contributed by atoms with E-state index in [1.165, 1.54) is 0 Å². The van der Waals surface area contributed by atoms with Crippen molar-refractivity contribution >= 4 is 17.7 Å². The average molecular weight is 212 g/mol. The van der Waals surface area contributed by atoms with Gasteiger partial charge in [0, 0.05) is 17.3 Å². The smallest absolute Gasteiger partial charge is 0.143 e. The van der Waals surface area contributed by atoms with Crippen LogP contribution in [0.4, 0.5) is 0 Å². The van der Waals surface area contributed by atoms with E-state index in [1.54, 1.807) is 19.2 Å². The van der Waals surface area contributed by atoms with Gasteiger partial charge in [-0.3, -0.25) is 4.98 Å². The van der Waals surface area contributed by atoms with Crippen LogP contribution in [0.1, 0.15) is 16.8 Å². The Balaban J connectivity index is 2.51. The van der Waals surface area contributed by atoms with Crippen molar-refractivity contribution in [1.29, 1.82) is 0 Å². The van der Waals surface area contributed by atoms with Gasteiger partial charge in [-0.2, -0.15) is 0 Å². The van der Waals surface area contributed by atoms with Crippen molar-refractivity contribution in [3.05, 3.63) is 28.8 Å². The van der Waals surface area contributed by atoms with Crippen LogP contribution in [-0.2, 0) is 11.3 Å². The Bertz CT molecular complexity index is 401. The largest absolute Gasteiger partial charge is 0.506 e. The number of pyridine rings is 1. The highest BCUT2D eigenvalue weighted by Gasteiger charge is 2.16. The quantitative estimate of drug-likeness (QED) is 0.725. The summed E-state index contributed by atoms with van der Waals surface area (Å²) >= 11 is 5.64. The van der Waals surface area contributed by atoms with Crippen molar-refractivity contribution in [2.75, 3.05) is 5.88 Å². The monoisotopic (exact) mass is 211 g/mol. The zero-order valence-corrected chi connectivity index (χ0v) is 8.51. The normalized spacial score (nSPS) is 14.3. The Morgan fingerprint density at radius 1 is 1.64 bits per heavy atom. The van der Waals surface area contributed by atoms with Crippen LogP contribution >= 0.6 is 11.6 Å². The first kappa shape index (κ1) is 9.34. The molecule has 0 aromatic carbocycles. The fraction of sp³-hybridized carbons (Fsp3) is 0.300.